The standard InChI is InChI=1S/C22H15F4IOS/c23-19-13(5-6-15(21(19)25)17-9-10-18(27)29-17)14-7-8-16(22(26)20(14)24)28-11-12-3-1-2-4-12/h1-2,5-10,12H,3-4,11H2. The number of allylic oxidation sites excluding steroid dienone is 2. The summed E-state index contributed by atoms with van der Waals surface area (Å²) in [6.45, 7) is 0.264. The van der Waals surface area contributed by atoms with Gasteiger partial charge in [-0.25, -0.2) is 13.2 Å². The first-order valence-electron chi connectivity index (χ1n) is 8.95. The zero-order chi connectivity index (χ0) is 20.5. The summed E-state index contributed by atoms with van der Waals surface area (Å²) in [5.41, 5.74) is -0.591. The summed E-state index contributed by atoms with van der Waals surface area (Å²) in [5, 5.41) is 0. The molecular weight excluding hydrogens is 515 g/mol. The van der Waals surface area contributed by atoms with E-state index in [-0.39, 0.29) is 35.0 Å². The number of rotatable bonds is 5. The summed E-state index contributed by atoms with van der Waals surface area (Å²) in [7, 11) is 0. The van der Waals surface area contributed by atoms with E-state index in [0.29, 0.717) is 4.88 Å². The highest BCUT2D eigenvalue weighted by molar-refractivity contribution is 14.1. The molecule has 1 aliphatic carbocycles. The topological polar surface area (TPSA) is 9.23 Å². The normalized spacial score (nSPS) is 14.0. The molecule has 0 spiro atoms. The fraction of sp³-hybridized carbons (Fsp3) is 0.182. The maximum absolute atomic E-state index is 14.7. The number of hydrogen-bond acceptors (Lipinski definition) is 2. The van der Waals surface area contributed by atoms with Gasteiger partial charge in [0, 0.05) is 21.6 Å². The summed E-state index contributed by atoms with van der Waals surface area (Å²) in [6.07, 6.45) is 5.71. The van der Waals surface area contributed by atoms with Gasteiger partial charge < -0.3 is 4.74 Å². The highest BCUT2D eigenvalue weighted by Crippen LogP contribution is 2.37. The van der Waals surface area contributed by atoms with Crippen molar-refractivity contribution in [3.05, 3.63) is 74.7 Å². The maximum atomic E-state index is 14.7. The zero-order valence-electron chi connectivity index (χ0n) is 15.0. The lowest BCUT2D eigenvalue weighted by molar-refractivity contribution is 0.242. The van der Waals surface area contributed by atoms with Crippen LogP contribution in [-0.4, -0.2) is 6.61 Å². The van der Waals surface area contributed by atoms with Gasteiger partial charge >= 0.3 is 0 Å². The predicted molar refractivity (Wildman–Crippen MR) is 115 cm³/mol. The number of benzene rings is 2. The summed E-state index contributed by atoms with van der Waals surface area (Å²) >= 11 is 3.40. The average Bonchev–Trinajstić information content (AvgIpc) is 3.37. The zero-order valence-corrected chi connectivity index (χ0v) is 18.0. The van der Waals surface area contributed by atoms with Gasteiger partial charge in [-0.1, -0.05) is 18.2 Å². The van der Waals surface area contributed by atoms with Crippen LogP contribution in [0.5, 0.6) is 5.75 Å². The second kappa shape index (κ2) is 8.47. The van der Waals surface area contributed by atoms with E-state index < -0.39 is 23.3 Å². The third-order valence-electron chi connectivity index (χ3n) is 4.84. The van der Waals surface area contributed by atoms with Gasteiger partial charge in [-0.2, -0.15) is 4.39 Å². The third-order valence-corrected chi connectivity index (χ3v) is 6.77. The van der Waals surface area contributed by atoms with Crippen LogP contribution in [0.4, 0.5) is 17.6 Å². The van der Waals surface area contributed by atoms with Gasteiger partial charge in [0.25, 0.3) is 0 Å². The minimum Gasteiger partial charge on any atom is -0.490 e. The van der Waals surface area contributed by atoms with E-state index in [9.17, 15) is 17.6 Å². The second-order valence-corrected chi connectivity index (χ2v) is 9.73. The average molecular weight is 530 g/mol. The summed E-state index contributed by atoms with van der Waals surface area (Å²) in [6, 6.07) is 8.60. The molecule has 150 valence electrons. The van der Waals surface area contributed by atoms with E-state index in [4.69, 9.17) is 4.74 Å². The largest absolute Gasteiger partial charge is 0.490 e. The first kappa shape index (κ1) is 20.4. The van der Waals surface area contributed by atoms with E-state index in [1.165, 1.54) is 35.6 Å². The van der Waals surface area contributed by atoms with Crippen LogP contribution >= 0.6 is 33.9 Å². The lowest BCUT2D eigenvalue weighted by Gasteiger charge is -2.14. The molecule has 0 fully saturated rings. The number of ether oxygens (including phenoxy) is 1. The van der Waals surface area contributed by atoms with Crippen LogP contribution in [0.3, 0.4) is 0 Å². The van der Waals surface area contributed by atoms with Crippen LogP contribution in [0, 0.1) is 32.1 Å². The van der Waals surface area contributed by atoms with Crippen molar-refractivity contribution in [2.75, 3.05) is 6.61 Å². The molecule has 0 unspecified atom stereocenters. The van der Waals surface area contributed by atoms with Crippen molar-refractivity contribution in [1.29, 1.82) is 0 Å². The Labute approximate surface area is 183 Å². The summed E-state index contributed by atoms with van der Waals surface area (Å²) in [5.74, 6) is -4.77. The SMILES string of the molecule is Fc1c(OCC2CC=CC2)ccc(-c2ccc(-c3ccc(I)s3)c(F)c2F)c1F. The van der Waals surface area contributed by atoms with Gasteiger partial charge in [0.05, 0.1) is 9.49 Å². The smallest absolute Gasteiger partial charge is 0.201 e. The summed E-state index contributed by atoms with van der Waals surface area (Å²) in [4.78, 5) is 0.564. The Morgan fingerprint density at radius 2 is 1.38 bits per heavy atom. The van der Waals surface area contributed by atoms with Crippen LogP contribution in [-0.2, 0) is 0 Å². The third kappa shape index (κ3) is 4.07. The molecule has 0 aliphatic heterocycles. The monoisotopic (exact) mass is 530 g/mol. The first-order chi connectivity index (χ1) is 14.0. The molecule has 1 heterocycles. The molecule has 0 saturated carbocycles. The molecule has 3 aromatic rings. The van der Waals surface area contributed by atoms with E-state index in [1.807, 2.05) is 12.2 Å². The van der Waals surface area contributed by atoms with Gasteiger partial charge in [-0.3, -0.25) is 0 Å². The minimum absolute atomic E-state index is 0.0881. The number of halogens is 5. The molecule has 7 heteroatoms. The molecule has 0 amide bonds. The van der Waals surface area contributed by atoms with Crippen molar-refractivity contribution in [2.24, 2.45) is 5.92 Å². The molecule has 0 radical (unpaired) electrons. The van der Waals surface area contributed by atoms with Crippen molar-refractivity contribution in [2.45, 2.75) is 12.8 Å². The predicted octanol–water partition coefficient (Wildman–Crippen LogP) is 7.59. The first-order valence-corrected chi connectivity index (χ1v) is 10.8. The van der Waals surface area contributed by atoms with Gasteiger partial charge in [-0.15, -0.1) is 11.3 Å². The van der Waals surface area contributed by atoms with E-state index in [0.717, 1.165) is 15.7 Å². The molecule has 0 bridgehead atoms. The fourth-order valence-corrected chi connectivity index (χ4v) is 4.92. The molecular formula is C22H15F4IOS. The molecule has 0 N–H and O–H groups in total. The van der Waals surface area contributed by atoms with Gasteiger partial charge in [-0.05, 0) is 71.7 Å². The van der Waals surface area contributed by atoms with Gasteiger partial charge in [0.1, 0.15) is 0 Å². The van der Waals surface area contributed by atoms with E-state index in [1.54, 1.807) is 12.1 Å². The second-order valence-electron chi connectivity index (χ2n) is 6.75. The molecule has 29 heavy (non-hydrogen) atoms. The molecule has 0 saturated heterocycles. The van der Waals surface area contributed by atoms with Crippen LogP contribution in [0.15, 0.2) is 48.6 Å². The Balaban J connectivity index is 1.64. The number of hydrogen-bond donors (Lipinski definition) is 0. The highest BCUT2D eigenvalue weighted by atomic mass is 127. The molecule has 1 nitrogen and oxygen atoms in total. The molecule has 1 aromatic heterocycles. The van der Waals surface area contributed by atoms with Crippen molar-refractivity contribution in [3.8, 4) is 27.3 Å². The van der Waals surface area contributed by atoms with Gasteiger partial charge in [0.2, 0.25) is 5.82 Å². The van der Waals surface area contributed by atoms with Crippen LogP contribution in [0.1, 0.15) is 12.8 Å². The Morgan fingerprint density at radius 3 is 2.03 bits per heavy atom. The van der Waals surface area contributed by atoms with Crippen LogP contribution in [0.2, 0.25) is 0 Å². The highest BCUT2D eigenvalue weighted by Gasteiger charge is 2.22. The van der Waals surface area contributed by atoms with Crippen LogP contribution in [0.25, 0.3) is 21.6 Å². The fourth-order valence-electron chi connectivity index (χ4n) is 3.28. The molecule has 2 aromatic carbocycles. The van der Waals surface area contributed by atoms with Crippen LogP contribution < -0.4 is 4.74 Å². The Kier molecular flexibility index (Phi) is 5.96. The molecule has 0 atom stereocenters. The Bertz CT molecular complexity index is 1080. The van der Waals surface area contributed by atoms with Crippen molar-refractivity contribution in [3.63, 3.8) is 0 Å². The van der Waals surface area contributed by atoms with E-state index in [2.05, 4.69) is 22.6 Å². The van der Waals surface area contributed by atoms with Crippen molar-refractivity contribution < 1.29 is 22.3 Å². The van der Waals surface area contributed by atoms with Gasteiger partial charge in [0.15, 0.2) is 23.2 Å². The minimum atomic E-state index is -1.26. The molecule has 4 rings (SSSR count). The summed E-state index contributed by atoms with van der Waals surface area (Å²) < 4.78 is 64.8. The quantitative estimate of drug-likeness (QED) is 0.188. The lowest BCUT2D eigenvalue weighted by atomic mass is 10.0. The lowest BCUT2D eigenvalue weighted by Crippen LogP contribution is -2.10. The maximum Gasteiger partial charge on any atom is 0.201 e. The molecule has 1 aliphatic rings. The van der Waals surface area contributed by atoms with Crippen molar-refractivity contribution >= 4 is 33.9 Å². The van der Waals surface area contributed by atoms with Crippen molar-refractivity contribution in [1.82, 2.24) is 0 Å². The number of thiophene rings is 1. The Morgan fingerprint density at radius 1 is 0.793 bits per heavy atom. The Hall–Kier alpha value is -1.87. The van der Waals surface area contributed by atoms with E-state index >= 15 is 0 Å².